The van der Waals surface area contributed by atoms with E-state index in [2.05, 4.69) is 89.5 Å². The van der Waals surface area contributed by atoms with Crippen LogP contribution in [-0.2, 0) is 0 Å². The van der Waals surface area contributed by atoms with E-state index in [0.717, 1.165) is 66.3 Å². The highest BCUT2D eigenvalue weighted by Crippen LogP contribution is 2.43. The normalized spacial score (nSPS) is 11.6. The van der Waals surface area contributed by atoms with Crippen LogP contribution >= 0.6 is 0 Å². The van der Waals surface area contributed by atoms with Crippen molar-refractivity contribution in [2.45, 2.75) is 0 Å². The Bertz CT molecular complexity index is 3160. The van der Waals surface area contributed by atoms with Crippen molar-refractivity contribution >= 4 is 43.9 Å². The fraction of sp³-hybridized carbons (Fsp3) is 0. The lowest BCUT2D eigenvalue weighted by atomic mass is 10.0. The smallest absolute Gasteiger partial charge is 0.238 e. The van der Waals surface area contributed by atoms with E-state index in [1.54, 1.807) is 0 Å². The van der Waals surface area contributed by atoms with Gasteiger partial charge in [0.2, 0.25) is 5.95 Å². The summed E-state index contributed by atoms with van der Waals surface area (Å²) in [7, 11) is 0. The van der Waals surface area contributed by atoms with Crippen LogP contribution in [0.4, 0.5) is 0 Å². The molecule has 0 unspecified atom stereocenters. The number of fused-ring (bicyclic) bond motifs is 7. The van der Waals surface area contributed by atoms with Gasteiger partial charge in [0.1, 0.15) is 16.8 Å². The Morgan fingerprint density at radius 1 is 0.375 bits per heavy atom. The first-order chi connectivity index (χ1) is 27.8. The minimum absolute atomic E-state index is 0.500. The van der Waals surface area contributed by atoms with Crippen molar-refractivity contribution in [1.82, 2.24) is 29.5 Å². The Hall–Kier alpha value is -7.77. The first kappa shape index (κ1) is 31.7. The predicted octanol–water partition coefficient (Wildman–Crippen LogP) is 12.0. The van der Waals surface area contributed by atoms with E-state index in [1.807, 2.05) is 97.1 Å². The number of hydrogen-bond acceptors (Lipinski definition) is 6. The first-order valence-corrected chi connectivity index (χ1v) is 18.5. The number of hydrogen-bond donors (Lipinski definition) is 0. The molecule has 7 nitrogen and oxygen atoms in total. The third kappa shape index (κ3) is 5.25. The average Bonchev–Trinajstić information content (AvgIpc) is 3.83. The molecule has 4 aromatic heterocycles. The summed E-state index contributed by atoms with van der Waals surface area (Å²) in [6.07, 6.45) is 0. The fourth-order valence-electron chi connectivity index (χ4n) is 7.65. The monoisotopic (exact) mass is 718 g/mol. The molecule has 7 aromatic carbocycles. The van der Waals surface area contributed by atoms with Crippen LogP contribution in [0, 0.1) is 0 Å². The quantitative estimate of drug-likeness (QED) is 0.170. The van der Waals surface area contributed by atoms with Crippen LogP contribution < -0.4 is 0 Å². The molecule has 0 bridgehead atoms. The van der Waals surface area contributed by atoms with Gasteiger partial charge in [0.05, 0.1) is 16.4 Å². The van der Waals surface area contributed by atoms with Gasteiger partial charge in [-0.3, -0.25) is 4.57 Å². The van der Waals surface area contributed by atoms with Crippen LogP contribution in [0.5, 0.6) is 0 Å². The van der Waals surface area contributed by atoms with Gasteiger partial charge in [-0.15, -0.1) is 0 Å². The van der Waals surface area contributed by atoms with Gasteiger partial charge in [-0.2, -0.15) is 9.97 Å². The van der Waals surface area contributed by atoms with E-state index in [1.165, 1.54) is 0 Å². The second-order valence-electron chi connectivity index (χ2n) is 13.7. The fourth-order valence-corrected chi connectivity index (χ4v) is 7.65. The zero-order valence-corrected chi connectivity index (χ0v) is 29.9. The molecule has 0 aliphatic carbocycles. The van der Waals surface area contributed by atoms with Gasteiger partial charge < -0.3 is 4.42 Å². The third-order valence-corrected chi connectivity index (χ3v) is 10.3. The van der Waals surface area contributed by atoms with E-state index in [0.29, 0.717) is 40.1 Å². The SMILES string of the molecule is c1ccc(-c2ccc(-c3nc(-c4ccccc4)c4oc5ccc6c7ccccc7n(-c7nc(-c8ccccc8)nc(-c8ccccc8)n7)c6c5c4n3)cc2)cc1. The molecule has 0 radical (unpaired) electrons. The van der Waals surface area contributed by atoms with E-state index >= 15 is 0 Å². The molecule has 0 fully saturated rings. The van der Waals surface area contributed by atoms with Crippen molar-refractivity contribution in [3.8, 4) is 62.5 Å². The molecule has 0 amide bonds. The highest BCUT2D eigenvalue weighted by atomic mass is 16.3. The van der Waals surface area contributed by atoms with E-state index < -0.39 is 0 Å². The second kappa shape index (κ2) is 13.0. The molecule has 0 aliphatic rings. The highest BCUT2D eigenvalue weighted by molar-refractivity contribution is 6.24. The first-order valence-electron chi connectivity index (χ1n) is 18.5. The van der Waals surface area contributed by atoms with Crippen molar-refractivity contribution in [1.29, 1.82) is 0 Å². The molecular weight excluding hydrogens is 689 g/mol. The standard InChI is InChI=1S/C49H30N6O/c1-5-15-31(16-6-1)32-25-27-36(28-26-32)46-50-42(33-17-7-2-8-18-33)45-43(51-46)41-40(56-45)30-29-38-37-23-13-14-24-39(37)55(44(38)41)49-53-47(34-19-9-3-10-20-34)52-48(54-49)35-21-11-4-12-22-35/h1-30H. The lowest BCUT2D eigenvalue weighted by Crippen LogP contribution is -2.06. The summed E-state index contributed by atoms with van der Waals surface area (Å²) in [6.45, 7) is 0. The molecule has 7 heteroatoms. The minimum atomic E-state index is 0.500. The maximum absolute atomic E-state index is 6.80. The molecule has 0 spiro atoms. The summed E-state index contributed by atoms with van der Waals surface area (Å²) in [5, 5.41) is 2.96. The van der Waals surface area contributed by atoms with Crippen molar-refractivity contribution in [3.63, 3.8) is 0 Å². The summed E-state index contributed by atoms with van der Waals surface area (Å²) in [5.41, 5.74) is 10.5. The maximum atomic E-state index is 6.80. The van der Waals surface area contributed by atoms with Gasteiger partial charge in [-0.1, -0.05) is 164 Å². The third-order valence-electron chi connectivity index (χ3n) is 10.3. The van der Waals surface area contributed by atoms with Crippen LogP contribution in [0.15, 0.2) is 186 Å². The Morgan fingerprint density at radius 2 is 0.875 bits per heavy atom. The number of benzene rings is 7. The molecule has 262 valence electrons. The van der Waals surface area contributed by atoms with Gasteiger partial charge in [0.25, 0.3) is 0 Å². The van der Waals surface area contributed by atoms with Crippen molar-refractivity contribution in [3.05, 3.63) is 182 Å². The second-order valence-corrected chi connectivity index (χ2v) is 13.7. The molecule has 11 rings (SSSR count). The van der Waals surface area contributed by atoms with Crippen LogP contribution in [0.25, 0.3) is 106 Å². The Kier molecular flexibility index (Phi) is 7.35. The summed E-state index contributed by atoms with van der Waals surface area (Å²) in [5.74, 6) is 2.27. The average molecular weight is 719 g/mol. The van der Waals surface area contributed by atoms with Crippen LogP contribution in [0.2, 0.25) is 0 Å². The van der Waals surface area contributed by atoms with Crippen LogP contribution in [0.1, 0.15) is 0 Å². The van der Waals surface area contributed by atoms with Crippen molar-refractivity contribution in [2.24, 2.45) is 0 Å². The number of rotatable bonds is 6. The highest BCUT2D eigenvalue weighted by Gasteiger charge is 2.25. The van der Waals surface area contributed by atoms with Crippen LogP contribution in [0.3, 0.4) is 0 Å². The molecule has 0 saturated heterocycles. The van der Waals surface area contributed by atoms with Crippen molar-refractivity contribution < 1.29 is 4.42 Å². The predicted molar refractivity (Wildman–Crippen MR) is 224 cm³/mol. The van der Waals surface area contributed by atoms with Gasteiger partial charge >= 0.3 is 0 Å². The lowest BCUT2D eigenvalue weighted by molar-refractivity contribution is 0.667. The summed E-state index contributed by atoms with van der Waals surface area (Å²) < 4.78 is 8.94. The Morgan fingerprint density at radius 3 is 1.52 bits per heavy atom. The van der Waals surface area contributed by atoms with Gasteiger partial charge in [-0.25, -0.2) is 15.0 Å². The van der Waals surface area contributed by atoms with E-state index in [4.69, 9.17) is 29.3 Å². The number of aromatic nitrogens is 6. The van der Waals surface area contributed by atoms with E-state index in [-0.39, 0.29) is 0 Å². The van der Waals surface area contributed by atoms with E-state index in [9.17, 15) is 0 Å². The molecule has 0 aliphatic heterocycles. The minimum Gasteiger partial charge on any atom is -0.452 e. The Labute approximate surface area is 321 Å². The Balaban J connectivity index is 1.23. The number of nitrogens with zero attached hydrogens (tertiary/aromatic N) is 6. The molecule has 56 heavy (non-hydrogen) atoms. The molecule has 0 N–H and O–H groups in total. The topological polar surface area (TPSA) is 82.5 Å². The molecule has 4 heterocycles. The molecule has 11 aromatic rings. The van der Waals surface area contributed by atoms with Crippen molar-refractivity contribution in [2.75, 3.05) is 0 Å². The molecular formula is C49H30N6O. The number of para-hydroxylation sites is 1. The zero-order valence-electron chi connectivity index (χ0n) is 29.9. The zero-order chi connectivity index (χ0) is 37.0. The van der Waals surface area contributed by atoms with Gasteiger partial charge in [0.15, 0.2) is 23.1 Å². The molecule has 0 atom stereocenters. The van der Waals surface area contributed by atoms with Crippen LogP contribution in [-0.4, -0.2) is 29.5 Å². The summed E-state index contributed by atoms with van der Waals surface area (Å²) in [4.78, 5) is 25.9. The summed E-state index contributed by atoms with van der Waals surface area (Å²) >= 11 is 0. The summed E-state index contributed by atoms with van der Waals surface area (Å²) in [6, 6.07) is 61.6. The van der Waals surface area contributed by atoms with Gasteiger partial charge in [-0.05, 0) is 29.3 Å². The van der Waals surface area contributed by atoms with Gasteiger partial charge in [0, 0.05) is 33.0 Å². The largest absolute Gasteiger partial charge is 0.452 e. The maximum Gasteiger partial charge on any atom is 0.238 e. The number of furan rings is 1. The molecule has 0 saturated carbocycles. The lowest BCUT2D eigenvalue weighted by Gasteiger charge is -2.11.